The second kappa shape index (κ2) is 6.45. The fourth-order valence-electron chi connectivity index (χ4n) is 2.51. The maximum atomic E-state index is 6.12. The molecule has 0 saturated carbocycles. The number of ether oxygens (including phenoxy) is 1. The third-order valence-corrected chi connectivity index (χ3v) is 3.91. The molecule has 5 nitrogen and oxygen atoms in total. The number of hydrogen-bond donors (Lipinski definition) is 0. The van der Waals surface area contributed by atoms with Crippen molar-refractivity contribution in [3.63, 3.8) is 0 Å². The van der Waals surface area contributed by atoms with Gasteiger partial charge in [0.25, 0.3) is 0 Å². The van der Waals surface area contributed by atoms with Crippen molar-refractivity contribution in [3.05, 3.63) is 41.0 Å². The minimum absolute atomic E-state index is 0.216. The Labute approximate surface area is 128 Å². The first-order chi connectivity index (χ1) is 10.2. The Morgan fingerprint density at radius 1 is 1.33 bits per heavy atom. The predicted octanol–water partition coefficient (Wildman–Crippen LogP) is 3.07. The quantitative estimate of drug-likeness (QED) is 0.869. The predicted molar refractivity (Wildman–Crippen MR) is 79.4 cm³/mol. The average molecular weight is 308 g/mol. The fraction of sp³-hybridized carbons (Fsp3) is 0.467. The molecule has 0 atom stereocenters. The molecule has 112 valence electrons. The number of rotatable bonds is 4. The Hall–Kier alpha value is -1.59. The molecule has 0 spiro atoms. The highest BCUT2D eigenvalue weighted by molar-refractivity contribution is 6.32. The summed E-state index contributed by atoms with van der Waals surface area (Å²) in [5, 5.41) is 4.60. The van der Waals surface area contributed by atoms with Gasteiger partial charge in [-0.1, -0.05) is 28.9 Å². The molecule has 0 radical (unpaired) electrons. The molecule has 6 heteroatoms. The highest BCUT2D eigenvalue weighted by atomic mass is 35.5. The van der Waals surface area contributed by atoms with Gasteiger partial charge in [-0.05, 0) is 25.0 Å². The molecule has 0 aliphatic carbocycles. The number of piperidine rings is 1. The second-order valence-corrected chi connectivity index (χ2v) is 5.66. The van der Waals surface area contributed by atoms with Crippen molar-refractivity contribution >= 4 is 11.6 Å². The number of para-hydroxylation sites is 1. The van der Waals surface area contributed by atoms with Crippen LogP contribution in [0.4, 0.5) is 0 Å². The van der Waals surface area contributed by atoms with Crippen LogP contribution in [0, 0.1) is 6.92 Å². The van der Waals surface area contributed by atoms with Crippen LogP contribution in [0.5, 0.6) is 5.75 Å². The molecule has 0 bridgehead atoms. The summed E-state index contributed by atoms with van der Waals surface area (Å²) in [6.45, 7) is 4.46. The van der Waals surface area contributed by atoms with Gasteiger partial charge in [0.2, 0.25) is 5.89 Å². The van der Waals surface area contributed by atoms with Gasteiger partial charge in [-0.2, -0.15) is 4.98 Å². The molecule has 0 amide bonds. The molecule has 1 aromatic heterocycles. The minimum atomic E-state index is 0.216. The first-order valence-corrected chi connectivity index (χ1v) is 7.51. The van der Waals surface area contributed by atoms with Crippen LogP contribution in [-0.4, -0.2) is 34.2 Å². The van der Waals surface area contributed by atoms with Crippen molar-refractivity contribution in [2.75, 3.05) is 13.1 Å². The number of aromatic nitrogens is 2. The maximum absolute atomic E-state index is 6.12. The summed E-state index contributed by atoms with van der Waals surface area (Å²) >= 11 is 6.12. The third-order valence-electron chi connectivity index (χ3n) is 3.60. The number of nitrogens with zero attached hydrogens (tertiary/aromatic N) is 3. The van der Waals surface area contributed by atoms with E-state index in [1.54, 1.807) is 6.92 Å². The molecule has 2 aromatic rings. The Kier molecular flexibility index (Phi) is 4.41. The van der Waals surface area contributed by atoms with Crippen LogP contribution in [0.15, 0.2) is 28.8 Å². The van der Waals surface area contributed by atoms with E-state index in [1.165, 1.54) is 0 Å². The van der Waals surface area contributed by atoms with E-state index in [4.69, 9.17) is 20.9 Å². The van der Waals surface area contributed by atoms with E-state index >= 15 is 0 Å². The maximum Gasteiger partial charge on any atom is 0.223 e. The van der Waals surface area contributed by atoms with Crippen LogP contribution in [0.25, 0.3) is 0 Å². The Bertz CT molecular complexity index is 594. The molecule has 21 heavy (non-hydrogen) atoms. The van der Waals surface area contributed by atoms with Crippen molar-refractivity contribution in [1.82, 2.24) is 15.0 Å². The summed E-state index contributed by atoms with van der Waals surface area (Å²) in [6, 6.07) is 7.61. The van der Waals surface area contributed by atoms with E-state index in [0.717, 1.165) is 44.0 Å². The molecule has 0 N–H and O–H groups in total. The van der Waals surface area contributed by atoms with Gasteiger partial charge in [0.15, 0.2) is 5.82 Å². The highest BCUT2D eigenvalue weighted by Gasteiger charge is 2.22. The number of benzene rings is 1. The van der Waals surface area contributed by atoms with Crippen molar-refractivity contribution in [2.24, 2.45) is 0 Å². The molecule has 2 heterocycles. The van der Waals surface area contributed by atoms with Crippen LogP contribution in [0.2, 0.25) is 5.02 Å². The van der Waals surface area contributed by atoms with Gasteiger partial charge in [0.05, 0.1) is 11.6 Å². The van der Waals surface area contributed by atoms with Crippen LogP contribution in [0.3, 0.4) is 0 Å². The minimum Gasteiger partial charge on any atom is -0.489 e. The highest BCUT2D eigenvalue weighted by Crippen LogP contribution is 2.26. The summed E-state index contributed by atoms with van der Waals surface area (Å²) in [5.74, 6) is 2.13. The molecular formula is C15H18ClN3O2. The number of hydrogen-bond acceptors (Lipinski definition) is 5. The Balaban J connectivity index is 1.50. The molecule has 1 aromatic carbocycles. The van der Waals surface area contributed by atoms with Crippen LogP contribution in [0.1, 0.15) is 24.6 Å². The van der Waals surface area contributed by atoms with E-state index in [-0.39, 0.29) is 6.10 Å². The third kappa shape index (κ3) is 3.74. The zero-order valence-corrected chi connectivity index (χ0v) is 12.7. The van der Waals surface area contributed by atoms with Crippen LogP contribution < -0.4 is 4.74 Å². The van der Waals surface area contributed by atoms with Gasteiger partial charge in [-0.3, -0.25) is 4.90 Å². The summed E-state index contributed by atoms with van der Waals surface area (Å²) in [4.78, 5) is 6.55. The molecule has 3 rings (SSSR count). The van der Waals surface area contributed by atoms with Crippen LogP contribution in [-0.2, 0) is 6.54 Å². The largest absolute Gasteiger partial charge is 0.489 e. The number of halogens is 1. The lowest BCUT2D eigenvalue weighted by Gasteiger charge is -2.31. The number of aryl methyl sites for hydroxylation is 1. The zero-order chi connectivity index (χ0) is 14.7. The van der Waals surface area contributed by atoms with Gasteiger partial charge >= 0.3 is 0 Å². The Morgan fingerprint density at radius 2 is 2.10 bits per heavy atom. The lowest BCUT2D eigenvalue weighted by Crippen LogP contribution is -2.38. The Morgan fingerprint density at radius 3 is 2.76 bits per heavy atom. The fourth-order valence-corrected chi connectivity index (χ4v) is 2.69. The molecule has 0 unspecified atom stereocenters. The van der Waals surface area contributed by atoms with E-state index < -0.39 is 0 Å². The van der Waals surface area contributed by atoms with Crippen molar-refractivity contribution in [2.45, 2.75) is 32.4 Å². The van der Waals surface area contributed by atoms with Gasteiger partial charge < -0.3 is 9.26 Å². The van der Waals surface area contributed by atoms with E-state index in [1.807, 2.05) is 24.3 Å². The summed E-state index contributed by atoms with van der Waals surface area (Å²) in [6.07, 6.45) is 2.16. The summed E-state index contributed by atoms with van der Waals surface area (Å²) in [7, 11) is 0. The SMILES string of the molecule is Cc1nc(CN2CCC(Oc3ccccc3Cl)CC2)no1. The molecule has 1 saturated heterocycles. The monoisotopic (exact) mass is 307 g/mol. The lowest BCUT2D eigenvalue weighted by molar-refractivity contribution is 0.0950. The molecule has 1 aliphatic rings. The van der Waals surface area contributed by atoms with Crippen LogP contribution >= 0.6 is 11.6 Å². The van der Waals surface area contributed by atoms with E-state index in [9.17, 15) is 0 Å². The average Bonchev–Trinajstić information content (AvgIpc) is 2.89. The smallest absolute Gasteiger partial charge is 0.223 e. The van der Waals surface area contributed by atoms with Gasteiger partial charge in [-0.15, -0.1) is 0 Å². The van der Waals surface area contributed by atoms with Crippen molar-refractivity contribution in [1.29, 1.82) is 0 Å². The first kappa shape index (κ1) is 14.4. The van der Waals surface area contributed by atoms with Crippen molar-refractivity contribution in [3.8, 4) is 5.75 Å². The molecule has 1 aliphatic heterocycles. The standard InChI is InChI=1S/C15H18ClN3O2/c1-11-17-15(18-21-11)10-19-8-6-12(7-9-19)20-14-5-3-2-4-13(14)16/h2-5,12H,6-10H2,1H3. The lowest BCUT2D eigenvalue weighted by atomic mass is 10.1. The number of likely N-dealkylation sites (tertiary alicyclic amines) is 1. The van der Waals surface area contributed by atoms with E-state index in [0.29, 0.717) is 10.9 Å². The van der Waals surface area contributed by atoms with Crippen molar-refractivity contribution < 1.29 is 9.26 Å². The molecular weight excluding hydrogens is 290 g/mol. The summed E-state index contributed by atoms with van der Waals surface area (Å²) in [5.41, 5.74) is 0. The second-order valence-electron chi connectivity index (χ2n) is 5.25. The zero-order valence-electron chi connectivity index (χ0n) is 12.0. The summed E-state index contributed by atoms with van der Waals surface area (Å²) < 4.78 is 11.0. The normalized spacial score (nSPS) is 17.0. The van der Waals surface area contributed by atoms with Gasteiger partial charge in [-0.25, -0.2) is 0 Å². The van der Waals surface area contributed by atoms with E-state index in [2.05, 4.69) is 15.0 Å². The van der Waals surface area contributed by atoms with Gasteiger partial charge in [0, 0.05) is 20.0 Å². The first-order valence-electron chi connectivity index (χ1n) is 7.13. The van der Waals surface area contributed by atoms with Gasteiger partial charge in [0.1, 0.15) is 11.9 Å². The molecule has 1 fully saturated rings. The topological polar surface area (TPSA) is 51.4 Å².